The SMILES string of the molecule is COc1ccccc1-n1[nH]c2c(cnc3ccc(C)cc32)c1=O. The molecule has 0 aliphatic heterocycles. The summed E-state index contributed by atoms with van der Waals surface area (Å²) in [6, 6.07) is 13.4. The van der Waals surface area contributed by atoms with Gasteiger partial charge in [-0.1, -0.05) is 23.8 Å². The molecule has 0 saturated heterocycles. The first kappa shape index (κ1) is 13.6. The van der Waals surface area contributed by atoms with E-state index in [9.17, 15) is 4.79 Å². The minimum absolute atomic E-state index is 0.139. The molecule has 23 heavy (non-hydrogen) atoms. The van der Waals surface area contributed by atoms with Gasteiger partial charge in [-0.05, 0) is 31.2 Å². The highest BCUT2D eigenvalue weighted by molar-refractivity contribution is 6.03. The third-order valence-corrected chi connectivity index (χ3v) is 4.01. The Bertz CT molecular complexity index is 1090. The van der Waals surface area contributed by atoms with Crippen LogP contribution < -0.4 is 10.3 Å². The van der Waals surface area contributed by atoms with E-state index in [0.29, 0.717) is 16.8 Å². The number of hydrogen-bond acceptors (Lipinski definition) is 3. The van der Waals surface area contributed by atoms with Gasteiger partial charge in [-0.3, -0.25) is 14.9 Å². The minimum Gasteiger partial charge on any atom is -0.494 e. The summed E-state index contributed by atoms with van der Waals surface area (Å²) >= 11 is 0. The number of nitrogens with one attached hydrogen (secondary N) is 1. The highest BCUT2D eigenvalue weighted by atomic mass is 16.5. The number of aromatic amines is 1. The molecule has 0 aliphatic rings. The van der Waals surface area contributed by atoms with Gasteiger partial charge in [0, 0.05) is 11.6 Å². The van der Waals surface area contributed by atoms with E-state index in [1.165, 1.54) is 4.68 Å². The number of nitrogens with zero attached hydrogens (tertiary/aromatic N) is 2. The highest BCUT2D eigenvalue weighted by Gasteiger charge is 2.14. The number of aryl methyl sites for hydroxylation is 1. The van der Waals surface area contributed by atoms with Crippen LogP contribution in [0.15, 0.2) is 53.5 Å². The van der Waals surface area contributed by atoms with Crippen molar-refractivity contribution in [3.05, 3.63) is 64.6 Å². The molecular formula is C18H15N3O2. The number of aromatic nitrogens is 3. The third-order valence-electron chi connectivity index (χ3n) is 4.01. The van der Waals surface area contributed by atoms with Gasteiger partial charge in [0.15, 0.2) is 0 Å². The second-order valence-electron chi connectivity index (χ2n) is 5.49. The first-order valence-electron chi connectivity index (χ1n) is 7.32. The van der Waals surface area contributed by atoms with Crippen molar-refractivity contribution < 1.29 is 4.74 Å². The number of ether oxygens (including phenoxy) is 1. The molecule has 114 valence electrons. The molecule has 5 heteroatoms. The van der Waals surface area contributed by atoms with Crippen LogP contribution in [0.1, 0.15) is 5.56 Å². The Morgan fingerprint density at radius 3 is 2.78 bits per heavy atom. The summed E-state index contributed by atoms with van der Waals surface area (Å²) in [5.41, 5.74) is 3.31. The lowest BCUT2D eigenvalue weighted by Crippen LogP contribution is -2.15. The molecule has 4 rings (SSSR count). The van der Waals surface area contributed by atoms with Gasteiger partial charge in [0.05, 0.1) is 23.5 Å². The Morgan fingerprint density at radius 2 is 1.96 bits per heavy atom. The number of rotatable bonds is 2. The van der Waals surface area contributed by atoms with Gasteiger partial charge in [-0.2, -0.15) is 0 Å². The van der Waals surface area contributed by atoms with E-state index in [0.717, 1.165) is 22.0 Å². The average Bonchev–Trinajstić information content (AvgIpc) is 2.92. The smallest absolute Gasteiger partial charge is 0.280 e. The summed E-state index contributed by atoms with van der Waals surface area (Å²) in [5, 5.41) is 4.71. The van der Waals surface area contributed by atoms with Crippen molar-refractivity contribution in [2.45, 2.75) is 6.92 Å². The Hall–Kier alpha value is -3.08. The maximum Gasteiger partial charge on any atom is 0.280 e. The number of pyridine rings is 1. The number of methoxy groups -OCH3 is 1. The van der Waals surface area contributed by atoms with Gasteiger partial charge in [-0.25, -0.2) is 4.68 Å². The van der Waals surface area contributed by atoms with E-state index in [1.54, 1.807) is 13.3 Å². The highest BCUT2D eigenvalue weighted by Crippen LogP contribution is 2.24. The molecule has 0 amide bonds. The largest absolute Gasteiger partial charge is 0.494 e. The van der Waals surface area contributed by atoms with E-state index in [2.05, 4.69) is 10.1 Å². The number of para-hydroxylation sites is 2. The fourth-order valence-electron chi connectivity index (χ4n) is 2.86. The molecule has 0 aliphatic carbocycles. The normalized spacial score (nSPS) is 11.2. The zero-order chi connectivity index (χ0) is 16.0. The van der Waals surface area contributed by atoms with Gasteiger partial charge in [0.1, 0.15) is 11.4 Å². The van der Waals surface area contributed by atoms with Crippen molar-refractivity contribution in [3.8, 4) is 11.4 Å². The van der Waals surface area contributed by atoms with Crippen molar-refractivity contribution in [1.82, 2.24) is 14.8 Å². The summed E-state index contributed by atoms with van der Waals surface area (Å²) in [4.78, 5) is 17.2. The second kappa shape index (κ2) is 4.98. The molecule has 0 fully saturated rings. The average molecular weight is 305 g/mol. The predicted octanol–water partition coefficient (Wildman–Crippen LogP) is 3.18. The quantitative estimate of drug-likeness (QED) is 0.619. The molecule has 0 spiro atoms. The summed E-state index contributed by atoms with van der Waals surface area (Å²) in [6.07, 6.45) is 1.62. The van der Waals surface area contributed by atoms with Crippen molar-refractivity contribution in [2.24, 2.45) is 0 Å². The lowest BCUT2D eigenvalue weighted by molar-refractivity contribution is 0.411. The van der Waals surface area contributed by atoms with Gasteiger partial charge < -0.3 is 4.74 Å². The van der Waals surface area contributed by atoms with E-state index < -0.39 is 0 Å². The summed E-state index contributed by atoms with van der Waals surface area (Å²) < 4.78 is 6.87. The zero-order valence-electron chi connectivity index (χ0n) is 12.8. The van der Waals surface area contributed by atoms with E-state index in [1.807, 2.05) is 49.4 Å². The number of hydrogen-bond donors (Lipinski definition) is 1. The number of benzene rings is 2. The molecule has 4 aromatic rings. The van der Waals surface area contributed by atoms with E-state index >= 15 is 0 Å². The van der Waals surface area contributed by atoms with Crippen LogP contribution >= 0.6 is 0 Å². The molecule has 5 nitrogen and oxygen atoms in total. The van der Waals surface area contributed by atoms with Crippen molar-refractivity contribution in [2.75, 3.05) is 7.11 Å². The van der Waals surface area contributed by atoms with Crippen LogP contribution in [0.4, 0.5) is 0 Å². The third kappa shape index (κ3) is 2.01. The standard InChI is InChI=1S/C18H15N3O2/c1-11-7-8-14-12(9-11)17-13(10-19-14)18(22)21(20-17)15-5-3-4-6-16(15)23-2/h3-10,20H,1-2H3. The molecule has 2 aromatic carbocycles. The van der Waals surface area contributed by atoms with Gasteiger partial charge in [-0.15, -0.1) is 0 Å². The first-order valence-corrected chi connectivity index (χ1v) is 7.32. The lowest BCUT2D eigenvalue weighted by Gasteiger charge is -2.07. The van der Waals surface area contributed by atoms with Gasteiger partial charge >= 0.3 is 0 Å². The monoisotopic (exact) mass is 305 g/mol. The van der Waals surface area contributed by atoms with E-state index in [-0.39, 0.29) is 5.56 Å². The Labute approximate surface area is 132 Å². The Balaban J connectivity index is 2.10. The fraction of sp³-hybridized carbons (Fsp3) is 0.111. The molecule has 0 atom stereocenters. The fourth-order valence-corrected chi connectivity index (χ4v) is 2.86. The summed E-state index contributed by atoms with van der Waals surface area (Å²) in [6.45, 7) is 2.02. The topological polar surface area (TPSA) is 59.9 Å². The maximum atomic E-state index is 12.8. The van der Waals surface area contributed by atoms with Crippen molar-refractivity contribution in [3.63, 3.8) is 0 Å². The number of H-pyrrole nitrogens is 1. The molecular weight excluding hydrogens is 290 g/mol. The van der Waals surface area contributed by atoms with Crippen molar-refractivity contribution in [1.29, 1.82) is 0 Å². The van der Waals surface area contributed by atoms with Crippen LogP contribution in [-0.2, 0) is 0 Å². The lowest BCUT2D eigenvalue weighted by atomic mass is 10.1. The summed E-state index contributed by atoms with van der Waals surface area (Å²) in [7, 11) is 1.59. The predicted molar refractivity (Wildman–Crippen MR) is 90.5 cm³/mol. The molecule has 0 bridgehead atoms. The van der Waals surface area contributed by atoms with Gasteiger partial charge in [0.2, 0.25) is 0 Å². The van der Waals surface area contributed by atoms with Crippen LogP contribution in [0.5, 0.6) is 5.75 Å². The van der Waals surface area contributed by atoms with Crippen LogP contribution in [-0.4, -0.2) is 21.9 Å². The van der Waals surface area contributed by atoms with Crippen molar-refractivity contribution >= 4 is 21.8 Å². The zero-order valence-corrected chi connectivity index (χ0v) is 12.8. The summed E-state index contributed by atoms with van der Waals surface area (Å²) in [5.74, 6) is 0.634. The van der Waals surface area contributed by atoms with Crippen LogP contribution in [0.3, 0.4) is 0 Å². The molecule has 2 aromatic heterocycles. The molecule has 0 radical (unpaired) electrons. The number of fused-ring (bicyclic) bond motifs is 3. The molecule has 1 N–H and O–H groups in total. The minimum atomic E-state index is -0.139. The van der Waals surface area contributed by atoms with Crippen LogP contribution in [0, 0.1) is 6.92 Å². The Morgan fingerprint density at radius 1 is 1.13 bits per heavy atom. The van der Waals surface area contributed by atoms with E-state index in [4.69, 9.17) is 4.74 Å². The molecule has 2 heterocycles. The van der Waals surface area contributed by atoms with Crippen LogP contribution in [0.2, 0.25) is 0 Å². The van der Waals surface area contributed by atoms with Gasteiger partial charge in [0.25, 0.3) is 5.56 Å². The molecule has 0 saturated carbocycles. The Kier molecular flexibility index (Phi) is 2.94. The molecule has 0 unspecified atom stereocenters. The maximum absolute atomic E-state index is 12.8. The second-order valence-corrected chi connectivity index (χ2v) is 5.49. The first-order chi connectivity index (χ1) is 11.2. The van der Waals surface area contributed by atoms with Crippen LogP contribution in [0.25, 0.3) is 27.5 Å².